The smallest absolute Gasteiger partial charge is 0.257 e. The average Bonchev–Trinajstić information content (AvgIpc) is 3.05. The Balaban J connectivity index is 1.34. The molecule has 2 bridgehead atoms. The van der Waals surface area contributed by atoms with E-state index in [-0.39, 0.29) is 29.2 Å². The number of amides is 2. The number of aromatic nitrogens is 1. The molecule has 6 rings (SSSR count). The third-order valence-electron chi connectivity index (χ3n) is 8.39. The number of rotatable bonds is 8. The van der Waals surface area contributed by atoms with Gasteiger partial charge in [0.1, 0.15) is 5.75 Å². The Morgan fingerprint density at radius 2 is 1.64 bits per heavy atom. The van der Waals surface area contributed by atoms with Crippen molar-refractivity contribution < 1.29 is 23.8 Å². The molecule has 10 nitrogen and oxygen atoms in total. The van der Waals surface area contributed by atoms with Gasteiger partial charge in [-0.15, -0.1) is 0 Å². The number of nitrogens with one attached hydrogen (secondary N) is 2. The number of fused-ring (bicyclic) bond motifs is 4. The first-order valence-electron chi connectivity index (χ1n) is 14.5. The highest BCUT2D eigenvalue weighted by molar-refractivity contribution is 9.10. The van der Waals surface area contributed by atoms with E-state index in [2.05, 4.69) is 31.5 Å². The second-order valence-corrected chi connectivity index (χ2v) is 12.0. The van der Waals surface area contributed by atoms with Crippen LogP contribution in [0.25, 0.3) is 0 Å². The van der Waals surface area contributed by atoms with E-state index in [1.807, 2.05) is 22.8 Å². The molecule has 0 radical (unpaired) electrons. The molecule has 2 aliphatic heterocycles. The van der Waals surface area contributed by atoms with E-state index < -0.39 is 0 Å². The van der Waals surface area contributed by atoms with Gasteiger partial charge in [0, 0.05) is 59.1 Å². The molecule has 232 valence electrons. The summed E-state index contributed by atoms with van der Waals surface area (Å²) in [5, 5.41) is 5.98. The Hall–Kier alpha value is -4.77. The highest BCUT2D eigenvalue weighted by atomic mass is 79.9. The summed E-state index contributed by atoms with van der Waals surface area (Å²) in [5.41, 5.74) is 3.64. The molecule has 1 fully saturated rings. The second-order valence-electron chi connectivity index (χ2n) is 11.2. The van der Waals surface area contributed by atoms with Gasteiger partial charge in [-0.05, 0) is 82.9 Å². The van der Waals surface area contributed by atoms with E-state index in [1.165, 1.54) is 7.11 Å². The van der Waals surface area contributed by atoms with Crippen molar-refractivity contribution in [1.82, 2.24) is 4.57 Å². The summed E-state index contributed by atoms with van der Waals surface area (Å²) in [6.45, 7) is 2.02. The summed E-state index contributed by atoms with van der Waals surface area (Å²) in [7, 11) is 4.62. The molecule has 0 aliphatic carbocycles. The molecule has 0 spiro atoms. The minimum atomic E-state index is -0.353. The minimum absolute atomic E-state index is 0.0253. The summed E-state index contributed by atoms with van der Waals surface area (Å²) < 4.78 is 18.5. The zero-order valence-electron chi connectivity index (χ0n) is 25.1. The lowest BCUT2D eigenvalue weighted by atomic mass is 9.83. The topological polar surface area (TPSA) is 111 Å². The molecule has 4 aromatic rings. The minimum Gasteiger partial charge on any atom is -0.497 e. The fourth-order valence-electron chi connectivity index (χ4n) is 6.26. The van der Waals surface area contributed by atoms with Gasteiger partial charge in [-0.25, -0.2) is 0 Å². The molecule has 0 unspecified atom stereocenters. The van der Waals surface area contributed by atoms with Crippen LogP contribution in [0.15, 0.2) is 82.1 Å². The Labute approximate surface area is 269 Å². The standard InChI is InChI=1S/C34H33BrN4O6/c1-43-24-9-10-26(35)25(16-24)34(42)37-27-14-21(33(41)36-23-8-12-30(44-2)31(15-23)45-3)7-11-29(27)38-17-20-13-22(19-38)28-5-4-6-32(40)39(28)18-20/h4-12,14-16,20,22H,13,17-19H2,1-3H3,(H,36,41)(H,37,42)/t20-,22+/m1/s1. The number of hydrogen-bond acceptors (Lipinski definition) is 7. The van der Waals surface area contributed by atoms with E-state index in [1.54, 1.807) is 68.8 Å². The van der Waals surface area contributed by atoms with Crippen LogP contribution in [0.5, 0.6) is 17.2 Å². The van der Waals surface area contributed by atoms with Crippen molar-refractivity contribution in [2.24, 2.45) is 5.92 Å². The highest BCUT2D eigenvalue weighted by Crippen LogP contribution is 2.40. The number of halogens is 1. The first-order valence-corrected chi connectivity index (χ1v) is 15.3. The van der Waals surface area contributed by atoms with E-state index in [0.29, 0.717) is 63.9 Å². The highest BCUT2D eigenvalue weighted by Gasteiger charge is 2.35. The summed E-state index contributed by atoms with van der Waals surface area (Å²) in [4.78, 5) is 41.9. The number of piperidine rings is 1. The molecule has 3 heterocycles. The zero-order valence-corrected chi connectivity index (χ0v) is 26.7. The quantitative estimate of drug-likeness (QED) is 0.245. The van der Waals surface area contributed by atoms with Crippen molar-refractivity contribution in [3.05, 3.63) is 104 Å². The summed E-state index contributed by atoms with van der Waals surface area (Å²) >= 11 is 3.48. The third-order valence-corrected chi connectivity index (χ3v) is 9.08. The molecule has 45 heavy (non-hydrogen) atoms. The van der Waals surface area contributed by atoms with E-state index in [9.17, 15) is 14.4 Å². The van der Waals surface area contributed by atoms with Gasteiger partial charge < -0.3 is 34.3 Å². The van der Waals surface area contributed by atoms with Gasteiger partial charge in [0.2, 0.25) is 0 Å². The number of pyridine rings is 1. The summed E-state index contributed by atoms with van der Waals surface area (Å²) in [5.74, 6) is 1.30. The van der Waals surface area contributed by atoms with Gasteiger partial charge in [-0.1, -0.05) is 6.07 Å². The summed E-state index contributed by atoms with van der Waals surface area (Å²) in [6, 6.07) is 21.1. The van der Waals surface area contributed by atoms with Crippen LogP contribution in [-0.2, 0) is 6.54 Å². The lowest BCUT2D eigenvalue weighted by Crippen LogP contribution is -2.47. The number of ether oxygens (including phenoxy) is 3. The Bertz CT molecular complexity index is 1840. The maximum absolute atomic E-state index is 13.7. The van der Waals surface area contributed by atoms with Crippen LogP contribution in [0.3, 0.4) is 0 Å². The van der Waals surface area contributed by atoms with Crippen LogP contribution in [0.2, 0.25) is 0 Å². The average molecular weight is 674 g/mol. The molecular weight excluding hydrogens is 640 g/mol. The van der Waals surface area contributed by atoms with Crippen molar-refractivity contribution in [1.29, 1.82) is 0 Å². The first-order chi connectivity index (χ1) is 21.8. The molecule has 3 aromatic carbocycles. The normalized spacial score (nSPS) is 16.8. The molecule has 2 N–H and O–H groups in total. The Kier molecular flexibility index (Phi) is 8.53. The number of benzene rings is 3. The van der Waals surface area contributed by atoms with E-state index in [4.69, 9.17) is 14.2 Å². The van der Waals surface area contributed by atoms with Crippen molar-refractivity contribution in [2.45, 2.75) is 18.9 Å². The number of hydrogen-bond donors (Lipinski definition) is 2. The molecular formula is C34H33BrN4O6. The number of anilines is 3. The maximum atomic E-state index is 13.7. The van der Waals surface area contributed by atoms with Gasteiger partial charge in [-0.3, -0.25) is 14.4 Å². The molecule has 1 saturated heterocycles. The number of methoxy groups -OCH3 is 3. The number of nitrogens with zero attached hydrogens (tertiary/aromatic N) is 2. The van der Waals surface area contributed by atoms with Gasteiger partial charge in [0.15, 0.2) is 11.5 Å². The molecule has 0 saturated carbocycles. The largest absolute Gasteiger partial charge is 0.497 e. The fraction of sp³-hybridized carbons (Fsp3) is 0.265. The van der Waals surface area contributed by atoms with Crippen molar-refractivity contribution in [3.63, 3.8) is 0 Å². The monoisotopic (exact) mass is 672 g/mol. The molecule has 2 atom stereocenters. The van der Waals surface area contributed by atoms with E-state index in [0.717, 1.165) is 17.8 Å². The van der Waals surface area contributed by atoms with Gasteiger partial charge in [-0.2, -0.15) is 0 Å². The molecule has 2 aliphatic rings. The van der Waals surface area contributed by atoms with Crippen LogP contribution >= 0.6 is 15.9 Å². The maximum Gasteiger partial charge on any atom is 0.257 e. The second kappa shape index (κ2) is 12.7. The predicted molar refractivity (Wildman–Crippen MR) is 176 cm³/mol. The van der Waals surface area contributed by atoms with Crippen LogP contribution < -0.4 is 35.3 Å². The lowest BCUT2D eigenvalue weighted by Gasteiger charge is -2.44. The fourth-order valence-corrected chi connectivity index (χ4v) is 6.69. The van der Waals surface area contributed by atoms with Crippen molar-refractivity contribution in [2.75, 3.05) is 50.0 Å². The zero-order chi connectivity index (χ0) is 31.7. The first kappa shape index (κ1) is 30.3. The Morgan fingerprint density at radius 3 is 2.42 bits per heavy atom. The van der Waals surface area contributed by atoms with E-state index >= 15 is 0 Å². The molecule has 11 heteroatoms. The Morgan fingerprint density at radius 1 is 0.822 bits per heavy atom. The van der Waals surface area contributed by atoms with Crippen molar-refractivity contribution in [3.8, 4) is 17.2 Å². The van der Waals surface area contributed by atoms with Crippen LogP contribution in [-0.4, -0.2) is 50.8 Å². The van der Waals surface area contributed by atoms with Gasteiger partial charge >= 0.3 is 0 Å². The van der Waals surface area contributed by atoms with Crippen LogP contribution in [0, 0.1) is 5.92 Å². The summed E-state index contributed by atoms with van der Waals surface area (Å²) in [6.07, 6.45) is 0.990. The number of carbonyl (C=O) groups excluding carboxylic acids is 2. The predicted octanol–water partition coefficient (Wildman–Crippen LogP) is 5.76. The van der Waals surface area contributed by atoms with Crippen LogP contribution in [0.1, 0.15) is 38.7 Å². The number of carbonyl (C=O) groups is 2. The molecule has 1 aromatic heterocycles. The molecule has 2 amide bonds. The lowest BCUT2D eigenvalue weighted by molar-refractivity contribution is 0.101. The van der Waals surface area contributed by atoms with Gasteiger partial charge in [0.05, 0.1) is 38.3 Å². The SMILES string of the molecule is COc1ccc(Br)c(C(=O)Nc2cc(C(=O)Nc3ccc(OC)c(OC)c3)ccc2N2C[C@H]3C[C@@H](C2)c2cccc(=O)n2C3)c1. The third kappa shape index (κ3) is 6.12. The van der Waals surface area contributed by atoms with Crippen molar-refractivity contribution >= 4 is 44.8 Å². The van der Waals surface area contributed by atoms with Gasteiger partial charge in [0.25, 0.3) is 17.4 Å². The van der Waals surface area contributed by atoms with Crippen LogP contribution in [0.4, 0.5) is 17.1 Å².